The lowest BCUT2D eigenvalue weighted by Gasteiger charge is -2.08. The summed E-state index contributed by atoms with van der Waals surface area (Å²) in [4.78, 5) is 11.9. The van der Waals surface area contributed by atoms with Gasteiger partial charge >= 0.3 is 0 Å². The Kier molecular flexibility index (Phi) is 2.88. The second kappa shape index (κ2) is 4.36. The van der Waals surface area contributed by atoms with Crippen LogP contribution < -0.4 is 11.1 Å². The van der Waals surface area contributed by atoms with Gasteiger partial charge in [0.15, 0.2) is 5.82 Å². The highest BCUT2D eigenvalue weighted by Crippen LogP contribution is 2.23. The molecule has 1 aromatic heterocycles. The molecule has 1 heterocycles. The molecule has 0 aliphatic heterocycles. The Labute approximate surface area is 102 Å². The third kappa shape index (κ3) is 1.97. The van der Waals surface area contributed by atoms with Gasteiger partial charge in [0.25, 0.3) is 5.91 Å². The van der Waals surface area contributed by atoms with Crippen molar-refractivity contribution >= 4 is 17.4 Å². The van der Waals surface area contributed by atoms with Crippen molar-refractivity contribution in [1.82, 2.24) is 9.78 Å². The highest BCUT2D eigenvalue weighted by molar-refractivity contribution is 6.07. The van der Waals surface area contributed by atoms with Crippen molar-refractivity contribution in [2.75, 3.05) is 11.1 Å². The molecule has 0 saturated heterocycles. The van der Waals surface area contributed by atoms with Gasteiger partial charge in [-0.25, -0.2) is 4.39 Å². The summed E-state index contributed by atoms with van der Waals surface area (Å²) >= 11 is 0. The molecule has 1 amide bonds. The number of aryl methyl sites for hydroxylation is 1. The first-order chi connectivity index (χ1) is 8.50. The molecule has 0 unspecified atom stereocenters. The third-order valence-electron chi connectivity index (χ3n) is 2.42. The largest absolute Gasteiger partial charge is 0.507 e. The zero-order chi connectivity index (χ0) is 13.3. The van der Waals surface area contributed by atoms with E-state index >= 15 is 0 Å². The molecule has 94 valence electrons. The minimum Gasteiger partial charge on any atom is -0.507 e. The SMILES string of the molecule is Cn1ncc(N)c1NC(=O)c1c(O)cccc1F. The molecule has 0 bridgehead atoms. The summed E-state index contributed by atoms with van der Waals surface area (Å²) in [6, 6.07) is 3.62. The number of hydrogen-bond donors (Lipinski definition) is 3. The number of carbonyl (C=O) groups excluding carboxylic acids is 1. The maximum Gasteiger partial charge on any atom is 0.263 e. The number of carbonyl (C=O) groups is 1. The Hall–Kier alpha value is -2.57. The zero-order valence-corrected chi connectivity index (χ0v) is 9.51. The number of amides is 1. The van der Waals surface area contributed by atoms with Crippen molar-refractivity contribution in [3.63, 3.8) is 0 Å². The van der Waals surface area contributed by atoms with Crippen LogP contribution in [0.15, 0.2) is 24.4 Å². The van der Waals surface area contributed by atoms with Crippen LogP contribution in [0.3, 0.4) is 0 Å². The minimum atomic E-state index is -0.812. The van der Waals surface area contributed by atoms with Gasteiger partial charge in [0, 0.05) is 7.05 Å². The molecule has 0 aliphatic carbocycles. The van der Waals surface area contributed by atoms with E-state index in [-0.39, 0.29) is 11.5 Å². The molecule has 0 radical (unpaired) electrons. The van der Waals surface area contributed by atoms with E-state index in [2.05, 4.69) is 10.4 Å². The summed E-state index contributed by atoms with van der Waals surface area (Å²) in [6.45, 7) is 0. The first-order valence-corrected chi connectivity index (χ1v) is 5.07. The van der Waals surface area contributed by atoms with Crippen molar-refractivity contribution in [1.29, 1.82) is 0 Å². The lowest BCUT2D eigenvalue weighted by atomic mass is 10.1. The maximum absolute atomic E-state index is 13.5. The number of phenolic OH excluding ortho intramolecular Hbond substituents is 1. The van der Waals surface area contributed by atoms with Crippen molar-refractivity contribution < 1.29 is 14.3 Å². The number of rotatable bonds is 2. The lowest BCUT2D eigenvalue weighted by Crippen LogP contribution is -2.17. The van der Waals surface area contributed by atoms with Crippen LogP contribution in [-0.4, -0.2) is 20.8 Å². The van der Waals surface area contributed by atoms with Gasteiger partial charge < -0.3 is 16.2 Å². The summed E-state index contributed by atoms with van der Waals surface area (Å²) < 4.78 is 14.8. The van der Waals surface area contributed by atoms with E-state index in [4.69, 9.17) is 5.73 Å². The molecule has 7 heteroatoms. The molecular formula is C11H11FN4O2. The molecule has 4 N–H and O–H groups in total. The molecule has 1 aromatic carbocycles. The Bertz CT molecular complexity index is 569. The van der Waals surface area contributed by atoms with E-state index in [0.29, 0.717) is 0 Å². The zero-order valence-electron chi connectivity index (χ0n) is 9.51. The Morgan fingerprint density at radius 2 is 2.28 bits per heavy atom. The van der Waals surface area contributed by atoms with E-state index in [1.807, 2.05) is 0 Å². The number of anilines is 2. The van der Waals surface area contributed by atoms with E-state index < -0.39 is 23.0 Å². The molecular weight excluding hydrogens is 239 g/mol. The van der Waals surface area contributed by atoms with Crippen LogP contribution in [-0.2, 0) is 7.05 Å². The molecule has 18 heavy (non-hydrogen) atoms. The molecule has 6 nitrogen and oxygen atoms in total. The number of phenols is 1. The number of hydrogen-bond acceptors (Lipinski definition) is 4. The van der Waals surface area contributed by atoms with E-state index in [1.165, 1.54) is 23.0 Å². The number of halogens is 1. The molecule has 0 atom stereocenters. The quantitative estimate of drug-likeness (QED) is 0.744. The standard InChI is InChI=1S/C11H11FN4O2/c1-16-10(7(13)5-14-16)15-11(18)9-6(12)3-2-4-8(9)17/h2-5,17H,13H2,1H3,(H,15,18). The molecule has 2 rings (SSSR count). The Morgan fingerprint density at radius 3 is 2.83 bits per heavy atom. The van der Waals surface area contributed by atoms with Gasteiger partial charge in [-0.15, -0.1) is 0 Å². The normalized spacial score (nSPS) is 10.3. The molecule has 0 fully saturated rings. The van der Waals surface area contributed by atoms with Crippen molar-refractivity contribution in [2.24, 2.45) is 7.05 Å². The summed E-state index contributed by atoms with van der Waals surface area (Å²) in [5.41, 5.74) is 5.41. The minimum absolute atomic E-state index is 0.239. The van der Waals surface area contributed by atoms with Gasteiger partial charge in [-0.2, -0.15) is 5.10 Å². The average molecular weight is 250 g/mol. The molecule has 0 aliphatic rings. The van der Waals surface area contributed by atoms with E-state index in [1.54, 1.807) is 7.05 Å². The summed E-state index contributed by atoms with van der Waals surface area (Å²) in [5, 5.41) is 15.7. The van der Waals surface area contributed by atoms with Gasteiger partial charge in [0.1, 0.15) is 17.1 Å². The second-order valence-electron chi connectivity index (χ2n) is 3.66. The molecule has 0 spiro atoms. The van der Waals surface area contributed by atoms with Crippen LogP contribution in [0.25, 0.3) is 0 Å². The van der Waals surface area contributed by atoms with Crippen LogP contribution in [0.4, 0.5) is 15.9 Å². The fourth-order valence-electron chi connectivity index (χ4n) is 1.52. The Morgan fingerprint density at radius 1 is 1.56 bits per heavy atom. The number of nitrogens with two attached hydrogens (primary N) is 1. The first-order valence-electron chi connectivity index (χ1n) is 5.07. The Balaban J connectivity index is 2.34. The number of aromatic nitrogens is 2. The first kappa shape index (κ1) is 11.9. The van der Waals surface area contributed by atoms with E-state index in [9.17, 15) is 14.3 Å². The van der Waals surface area contributed by atoms with Gasteiger partial charge in [-0.3, -0.25) is 9.48 Å². The fourth-order valence-corrected chi connectivity index (χ4v) is 1.52. The third-order valence-corrected chi connectivity index (χ3v) is 2.42. The van der Waals surface area contributed by atoms with Crippen molar-refractivity contribution in [3.05, 3.63) is 35.8 Å². The number of benzene rings is 1. The number of nitrogen functional groups attached to an aromatic ring is 1. The van der Waals surface area contributed by atoms with Crippen LogP contribution in [0.2, 0.25) is 0 Å². The van der Waals surface area contributed by atoms with Gasteiger partial charge in [-0.05, 0) is 12.1 Å². The monoisotopic (exact) mass is 250 g/mol. The summed E-state index contributed by atoms with van der Waals surface area (Å²) in [5.74, 6) is -1.80. The molecule has 0 saturated carbocycles. The van der Waals surface area contributed by atoms with Crippen LogP contribution in [0.1, 0.15) is 10.4 Å². The van der Waals surface area contributed by atoms with Crippen LogP contribution in [0, 0.1) is 5.82 Å². The maximum atomic E-state index is 13.5. The number of nitrogens with one attached hydrogen (secondary N) is 1. The van der Waals surface area contributed by atoms with Gasteiger partial charge in [-0.1, -0.05) is 6.07 Å². The van der Waals surface area contributed by atoms with E-state index in [0.717, 1.165) is 6.07 Å². The highest BCUT2D eigenvalue weighted by atomic mass is 19.1. The second-order valence-corrected chi connectivity index (χ2v) is 3.66. The molecule has 2 aromatic rings. The number of aromatic hydroxyl groups is 1. The van der Waals surface area contributed by atoms with Crippen molar-refractivity contribution in [3.8, 4) is 5.75 Å². The van der Waals surface area contributed by atoms with Gasteiger partial charge in [0.2, 0.25) is 0 Å². The van der Waals surface area contributed by atoms with Crippen LogP contribution in [0.5, 0.6) is 5.75 Å². The smallest absolute Gasteiger partial charge is 0.263 e. The highest BCUT2D eigenvalue weighted by Gasteiger charge is 2.18. The predicted octanol–water partition coefficient (Wildman–Crippen LogP) is 1.10. The summed E-state index contributed by atoms with van der Waals surface area (Å²) in [6.07, 6.45) is 1.36. The van der Waals surface area contributed by atoms with Crippen molar-refractivity contribution in [2.45, 2.75) is 0 Å². The van der Waals surface area contributed by atoms with Crippen LogP contribution >= 0.6 is 0 Å². The van der Waals surface area contributed by atoms with Gasteiger partial charge in [0.05, 0.1) is 11.9 Å². The fraction of sp³-hybridized carbons (Fsp3) is 0.0909. The predicted molar refractivity (Wildman–Crippen MR) is 63.6 cm³/mol. The summed E-state index contributed by atoms with van der Waals surface area (Å²) in [7, 11) is 1.58. The lowest BCUT2D eigenvalue weighted by molar-refractivity contribution is 0.101. The number of nitrogens with zero attached hydrogens (tertiary/aromatic N) is 2. The average Bonchev–Trinajstić information content (AvgIpc) is 2.60. The topological polar surface area (TPSA) is 93.2 Å².